The molecule has 0 saturated carbocycles. The Morgan fingerprint density at radius 2 is 0.731 bits per heavy atom. The van der Waals surface area contributed by atoms with E-state index in [1.807, 2.05) is 0 Å². The van der Waals surface area contributed by atoms with Gasteiger partial charge in [0, 0.05) is 21.3 Å². The molecule has 0 radical (unpaired) electrons. The highest BCUT2D eigenvalue weighted by Gasteiger charge is 2.26. The van der Waals surface area contributed by atoms with Crippen LogP contribution in [0.15, 0.2) is 0 Å². The first-order valence-corrected chi connectivity index (χ1v) is 9.88. The molecule has 0 spiro atoms. The Kier molecular flexibility index (Phi) is 19.5. The lowest BCUT2D eigenvalue weighted by molar-refractivity contribution is 0.0150. The van der Waals surface area contributed by atoms with Crippen LogP contribution in [-0.2, 0) is 46.6 Å². The number of ether oxygens (including phenoxy) is 6. The highest BCUT2D eigenvalue weighted by atomic mass is 31.2. The van der Waals surface area contributed by atoms with Gasteiger partial charge in [-0.3, -0.25) is 13.6 Å². The maximum absolute atomic E-state index is 12.6. The molecule has 0 aromatic rings. The van der Waals surface area contributed by atoms with Gasteiger partial charge in [0.05, 0.1) is 79.3 Å². The van der Waals surface area contributed by atoms with Gasteiger partial charge in [0.1, 0.15) is 0 Å². The van der Waals surface area contributed by atoms with Gasteiger partial charge in [0.25, 0.3) is 0 Å². The second kappa shape index (κ2) is 19.6. The molecule has 0 heterocycles. The maximum Gasteiger partial charge on any atom is 0.475 e. The molecule has 0 rings (SSSR count). The van der Waals surface area contributed by atoms with Crippen LogP contribution in [0.2, 0.25) is 0 Å². The molecule has 0 aromatic heterocycles. The lowest BCUT2D eigenvalue weighted by atomic mass is 10.7. The SMILES string of the molecule is COCCOCCOP(=O)(OCCOCCOC)OCCOCCOC. The van der Waals surface area contributed by atoms with Gasteiger partial charge in [-0.1, -0.05) is 0 Å². The molecule has 0 bridgehead atoms. The molecule has 0 unspecified atom stereocenters. The number of hydrogen-bond donors (Lipinski definition) is 0. The summed E-state index contributed by atoms with van der Waals surface area (Å²) in [5.74, 6) is 0. The maximum atomic E-state index is 12.6. The number of phosphoric ester groups is 1. The van der Waals surface area contributed by atoms with E-state index in [1.165, 1.54) is 0 Å². The van der Waals surface area contributed by atoms with E-state index in [9.17, 15) is 4.57 Å². The van der Waals surface area contributed by atoms with E-state index in [0.717, 1.165) is 0 Å². The highest BCUT2D eigenvalue weighted by Crippen LogP contribution is 2.49. The predicted molar refractivity (Wildman–Crippen MR) is 93.5 cm³/mol. The number of methoxy groups -OCH3 is 3. The number of rotatable bonds is 21. The molecule has 0 aliphatic carbocycles. The lowest BCUT2D eigenvalue weighted by Gasteiger charge is -2.18. The van der Waals surface area contributed by atoms with Crippen LogP contribution in [0.3, 0.4) is 0 Å². The fourth-order valence-corrected chi connectivity index (χ4v) is 2.59. The Balaban J connectivity index is 4.04. The van der Waals surface area contributed by atoms with Crippen molar-refractivity contribution in [3.8, 4) is 0 Å². The predicted octanol–water partition coefficient (Wildman–Crippen LogP) is 1.13. The Morgan fingerprint density at radius 1 is 0.462 bits per heavy atom. The quantitative estimate of drug-likeness (QED) is 0.204. The van der Waals surface area contributed by atoms with Crippen molar-refractivity contribution in [2.24, 2.45) is 0 Å². The monoisotopic (exact) mass is 404 g/mol. The largest absolute Gasteiger partial charge is 0.475 e. The normalized spacial score (nSPS) is 12.0. The fraction of sp³-hybridized carbons (Fsp3) is 1.00. The summed E-state index contributed by atoms with van der Waals surface area (Å²) in [5, 5.41) is 0. The van der Waals surface area contributed by atoms with Crippen LogP contribution in [0.1, 0.15) is 0 Å². The standard InChI is InChI=1S/C15H33O10P/c1-17-4-7-20-10-13-23-26(16,24-14-11-21-8-5-18-2)25-15-12-22-9-6-19-3/h4-15H2,1-3H3. The third kappa shape index (κ3) is 17.3. The molecule has 0 fully saturated rings. The minimum Gasteiger partial charge on any atom is -0.382 e. The zero-order valence-corrected chi connectivity index (χ0v) is 16.9. The van der Waals surface area contributed by atoms with Gasteiger partial charge in [-0.25, -0.2) is 4.57 Å². The summed E-state index contributed by atoms with van der Waals surface area (Å²) < 4.78 is 58.7. The van der Waals surface area contributed by atoms with Crippen LogP contribution in [0, 0.1) is 0 Å². The highest BCUT2D eigenvalue weighted by molar-refractivity contribution is 7.48. The van der Waals surface area contributed by atoms with Gasteiger partial charge in [-0.2, -0.15) is 0 Å². The van der Waals surface area contributed by atoms with E-state index in [0.29, 0.717) is 39.6 Å². The van der Waals surface area contributed by atoms with Crippen molar-refractivity contribution in [3.63, 3.8) is 0 Å². The molecule has 0 amide bonds. The molecule has 0 atom stereocenters. The van der Waals surface area contributed by atoms with Crippen molar-refractivity contribution in [1.29, 1.82) is 0 Å². The summed E-state index contributed by atoms with van der Waals surface area (Å²) in [5.41, 5.74) is 0. The third-order valence-corrected chi connectivity index (χ3v) is 4.22. The van der Waals surface area contributed by atoms with Crippen molar-refractivity contribution in [1.82, 2.24) is 0 Å². The first kappa shape index (κ1) is 25.9. The van der Waals surface area contributed by atoms with E-state index in [2.05, 4.69) is 0 Å². The Morgan fingerprint density at radius 3 is 1.00 bits per heavy atom. The first-order valence-electron chi connectivity index (χ1n) is 8.42. The van der Waals surface area contributed by atoms with Crippen LogP contribution < -0.4 is 0 Å². The fourth-order valence-electron chi connectivity index (χ4n) is 1.47. The summed E-state index contributed by atoms with van der Waals surface area (Å²) in [6.07, 6.45) is 0. The van der Waals surface area contributed by atoms with Crippen LogP contribution >= 0.6 is 7.82 Å². The molecule has 0 aliphatic heterocycles. The van der Waals surface area contributed by atoms with Crippen LogP contribution in [0.4, 0.5) is 0 Å². The van der Waals surface area contributed by atoms with Crippen molar-refractivity contribution in [2.45, 2.75) is 0 Å². The summed E-state index contributed by atoms with van der Waals surface area (Å²) >= 11 is 0. The first-order chi connectivity index (χ1) is 12.7. The smallest absolute Gasteiger partial charge is 0.382 e. The molecule has 158 valence electrons. The molecular formula is C15H33O10P. The van der Waals surface area contributed by atoms with Crippen LogP contribution in [-0.4, -0.2) is 101 Å². The zero-order chi connectivity index (χ0) is 19.3. The molecule has 26 heavy (non-hydrogen) atoms. The second-order valence-electron chi connectivity index (χ2n) is 4.76. The zero-order valence-electron chi connectivity index (χ0n) is 16.0. The Labute approximate surface area is 155 Å². The van der Waals surface area contributed by atoms with E-state index >= 15 is 0 Å². The molecule has 0 N–H and O–H groups in total. The number of phosphoric acid groups is 1. The van der Waals surface area contributed by atoms with Gasteiger partial charge in [-0.15, -0.1) is 0 Å². The van der Waals surface area contributed by atoms with Crippen LogP contribution in [0.5, 0.6) is 0 Å². The molecular weight excluding hydrogens is 371 g/mol. The van der Waals surface area contributed by atoms with Gasteiger partial charge in [0.2, 0.25) is 0 Å². The minimum absolute atomic E-state index is 0.0655. The molecule has 0 aromatic carbocycles. The van der Waals surface area contributed by atoms with Crippen molar-refractivity contribution >= 4 is 7.82 Å². The average molecular weight is 404 g/mol. The van der Waals surface area contributed by atoms with Crippen molar-refractivity contribution < 1.29 is 46.6 Å². The van der Waals surface area contributed by atoms with Gasteiger partial charge >= 0.3 is 7.82 Å². The minimum atomic E-state index is -3.72. The van der Waals surface area contributed by atoms with Crippen molar-refractivity contribution in [3.05, 3.63) is 0 Å². The second-order valence-corrected chi connectivity index (χ2v) is 6.43. The summed E-state index contributed by atoms with van der Waals surface area (Å²) in [6.45, 7) is 3.62. The van der Waals surface area contributed by atoms with Gasteiger partial charge < -0.3 is 28.4 Å². The Bertz CT molecular complexity index is 284. The van der Waals surface area contributed by atoms with E-state index in [4.69, 9.17) is 42.0 Å². The summed E-state index contributed by atoms with van der Waals surface area (Å²) in [6, 6.07) is 0. The van der Waals surface area contributed by atoms with Gasteiger partial charge in [0.15, 0.2) is 0 Å². The molecule has 11 heteroatoms. The van der Waals surface area contributed by atoms with E-state index in [-0.39, 0.29) is 39.6 Å². The third-order valence-electron chi connectivity index (χ3n) is 2.73. The summed E-state index contributed by atoms with van der Waals surface area (Å²) in [4.78, 5) is 0. The number of hydrogen-bond acceptors (Lipinski definition) is 10. The van der Waals surface area contributed by atoms with Crippen molar-refractivity contribution in [2.75, 3.05) is 101 Å². The van der Waals surface area contributed by atoms with Gasteiger partial charge in [-0.05, 0) is 0 Å². The molecule has 0 aliphatic rings. The Hall–Kier alpha value is -0.130. The topological polar surface area (TPSA) is 100 Å². The van der Waals surface area contributed by atoms with Crippen LogP contribution in [0.25, 0.3) is 0 Å². The summed E-state index contributed by atoms with van der Waals surface area (Å²) in [7, 11) is 1.03. The lowest BCUT2D eigenvalue weighted by Crippen LogP contribution is -2.13. The molecule has 10 nitrogen and oxygen atoms in total. The molecule has 0 saturated heterocycles. The van der Waals surface area contributed by atoms with E-state index in [1.54, 1.807) is 21.3 Å². The van der Waals surface area contributed by atoms with E-state index < -0.39 is 7.82 Å². The average Bonchev–Trinajstić information content (AvgIpc) is 2.64.